The Kier molecular flexibility index (Phi) is 6.89. The maximum absolute atomic E-state index is 13.5. The van der Waals surface area contributed by atoms with Crippen LogP contribution in [0.15, 0.2) is 30.3 Å². The van der Waals surface area contributed by atoms with Crippen LogP contribution in [0.3, 0.4) is 0 Å². The van der Waals surface area contributed by atoms with E-state index >= 15 is 0 Å². The van der Waals surface area contributed by atoms with Crippen LogP contribution in [0.1, 0.15) is 71.6 Å². The summed E-state index contributed by atoms with van der Waals surface area (Å²) in [6.45, 7) is 7.01. The number of rotatable bonds is 7. The molecule has 0 aromatic heterocycles. The van der Waals surface area contributed by atoms with Gasteiger partial charge in [0.2, 0.25) is 0 Å². The highest BCUT2D eigenvalue weighted by atomic mass is 16.5. The Labute approximate surface area is 201 Å². The molecule has 0 spiro atoms. The molecule has 4 fully saturated rings. The van der Waals surface area contributed by atoms with E-state index in [0.29, 0.717) is 12.3 Å². The van der Waals surface area contributed by atoms with Gasteiger partial charge in [-0.2, -0.15) is 0 Å². The predicted molar refractivity (Wildman–Crippen MR) is 135 cm³/mol. The number of nitrogens with zero attached hydrogens (tertiary/aromatic N) is 1. The van der Waals surface area contributed by atoms with Crippen LogP contribution in [0, 0.1) is 46.8 Å². The van der Waals surface area contributed by atoms with Crippen molar-refractivity contribution in [2.24, 2.45) is 46.8 Å². The molecule has 0 bridgehead atoms. The largest absolute Gasteiger partial charge is 0.381 e. The average Bonchev–Trinajstić information content (AvgIpc) is 3.20. The van der Waals surface area contributed by atoms with E-state index in [-0.39, 0.29) is 11.3 Å². The Morgan fingerprint density at radius 2 is 1.79 bits per heavy atom. The van der Waals surface area contributed by atoms with Gasteiger partial charge in [0.1, 0.15) is 0 Å². The number of ether oxygens (including phenoxy) is 1. The number of Topliss-reactive ketones (excluding diaryl/α,β-unsaturated/α-hetero) is 1. The Hall–Kier alpha value is -1.35. The van der Waals surface area contributed by atoms with Crippen LogP contribution in [0.5, 0.6) is 0 Å². The molecule has 0 heterocycles. The van der Waals surface area contributed by atoms with Gasteiger partial charge in [0.15, 0.2) is 5.78 Å². The van der Waals surface area contributed by atoms with Gasteiger partial charge in [-0.3, -0.25) is 4.79 Å². The number of carbonyl (C=O) groups excluding carboxylic acids is 1. The van der Waals surface area contributed by atoms with Gasteiger partial charge in [-0.15, -0.1) is 0 Å². The van der Waals surface area contributed by atoms with Gasteiger partial charge in [0.25, 0.3) is 0 Å². The predicted octanol–water partition coefficient (Wildman–Crippen LogP) is 6.61. The van der Waals surface area contributed by atoms with Crippen molar-refractivity contribution in [1.82, 2.24) is 0 Å². The van der Waals surface area contributed by atoms with E-state index in [2.05, 4.69) is 50.1 Å². The van der Waals surface area contributed by atoms with Crippen molar-refractivity contribution in [2.45, 2.75) is 71.6 Å². The second-order valence-corrected chi connectivity index (χ2v) is 12.1. The Bertz CT molecular complexity index is 809. The fraction of sp³-hybridized carbons (Fsp3) is 0.767. The highest BCUT2D eigenvalue weighted by molar-refractivity contribution is 5.86. The molecule has 0 saturated heterocycles. The minimum atomic E-state index is 0.231. The molecule has 33 heavy (non-hydrogen) atoms. The number of ketones is 1. The van der Waals surface area contributed by atoms with Gasteiger partial charge >= 0.3 is 0 Å². The molecular weight excluding hydrogens is 406 g/mol. The third kappa shape index (κ3) is 4.40. The van der Waals surface area contributed by atoms with Crippen molar-refractivity contribution in [1.29, 1.82) is 0 Å². The van der Waals surface area contributed by atoms with Crippen LogP contribution < -0.4 is 4.90 Å². The van der Waals surface area contributed by atoms with Gasteiger partial charge in [-0.1, -0.05) is 25.1 Å². The van der Waals surface area contributed by atoms with Gasteiger partial charge in [-0.25, -0.2) is 0 Å². The summed E-state index contributed by atoms with van der Waals surface area (Å²) in [5.41, 5.74) is 1.38. The molecule has 0 N–H and O–H groups in total. The first-order valence-corrected chi connectivity index (χ1v) is 13.9. The van der Waals surface area contributed by atoms with Crippen molar-refractivity contribution < 1.29 is 9.53 Å². The normalized spacial score (nSPS) is 39.9. The highest BCUT2D eigenvalue weighted by Crippen LogP contribution is 2.64. The lowest BCUT2D eigenvalue weighted by atomic mass is 9.49. The van der Waals surface area contributed by atoms with Crippen molar-refractivity contribution in [3.05, 3.63) is 30.3 Å². The average molecular weight is 452 g/mol. The van der Waals surface area contributed by atoms with E-state index in [4.69, 9.17) is 4.74 Å². The SMILES string of the molecule is CCOCC1CCC2C(CCC3C2CCC2(C)C(C(=O)CN(C)c4ccccc4)CCC32)C1. The standard InChI is InChI=1S/C30H45NO2/c1-4-33-20-21-10-12-24-22(18-21)11-13-26-25(24)16-17-30(2)27(26)14-15-28(30)29(32)19-31(3)23-8-6-5-7-9-23/h5-9,21-22,24-28H,4,10-20H2,1-3H3. The van der Waals surface area contributed by atoms with Crippen LogP contribution >= 0.6 is 0 Å². The van der Waals surface area contributed by atoms with Gasteiger partial charge < -0.3 is 9.64 Å². The van der Waals surface area contributed by atoms with Gasteiger partial charge in [-0.05, 0) is 118 Å². The molecule has 0 radical (unpaired) electrons. The number of hydrogen-bond acceptors (Lipinski definition) is 3. The summed E-state index contributed by atoms with van der Waals surface area (Å²) >= 11 is 0. The number of benzene rings is 1. The van der Waals surface area contributed by atoms with Crippen molar-refractivity contribution in [3.8, 4) is 0 Å². The van der Waals surface area contributed by atoms with E-state index in [0.717, 1.165) is 60.8 Å². The third-order valence-electron chi connectivity index (χ3n) is 10.6. The maximum Gasteiger partial charge on any atom is 0.155 e. The smallest absolute Gasteiger partial charge is 0.155 e. The van der Waals surface area contributed by atoms with E-state index in [1.165, 1.54) is 51.4 Å². The zero-order valence-corrected chi connectivity index (χ0v) is 21.2. The molecule has 3 nitrogen and oxygen atoms in total. The van der Waals surface area contributed by atoms with Gasteiger partial charge in [0.05, 0.1) is 6.54 Å². The van der Waals surface area contributed by atoms with Crippen LogP contribution in [-0.4, -0.2) is 32.6 Å². The molecule has 0 aliphatic heterocycles. The maximum atomic E-state index is 13.5. The number of anilines is 1. The van der Waals surface area contributed by atoms with E-state index in [9.17, 15) is 4.79 Å². The summed E-state index contributed by atoms with van der Waals surface area (Å²) in [5, 5.41) is 0. The molecule has 5 rings (SSSR count). The lowest BCUT2D eigenvalue weighted by molar-refractivity contribution is -0.129. The molecule has 1 aromatic carbocycles. The van der Waals surface area contributed by atoms with E-state index in [1.807, 2.05) is 6.07 Å². The van der Waals surface area contributed by atoms with Gasteiger partial charge in [0, 0.05) is 31.9 Å². The molecule has 8 unspecified atom stereocenters. The van der Waals surface area contributed by atoms with Crippen LogP contribution in [0.4, 0.5) is 5.69 Å². The minimum Gasteiger partial charge on any atom is -0.381 e. The summed E-state index contributed by atoms with van der Waals surface area (Å²) in [6.07, 6.45) is 12.1. The van der Waals surface area contributed by atoms with Crippen molar-refractivity contribution in [3.63, 3.8) is 0 Å². The molecular formula is C30H45NO2. The quantitative estimate of drug-likeness (QED) is 0.467. The van der Waals surface area contributed by atoms with Crippen molar-refractivity contribution in [2.75, 3.05) is 31.7 Å². The minimum absolute atomic E-state index is 0.231. The Morgan fingerprint density at radius 3 is 2.58 bits per heavy atom. The Morgan fingerprint density at radius 1 is 1.00 bits per heavy atom. The molecule has 8 atom stereocenters. The van der Waals surface area contributed by atoms with Crippen LogP contribution in [0.25, 0.3) is 0 Å². The number of para-hydroxylation sites is 1. The van der Waals surface area contributed by atoms with Crippen molar-refractivity contribution >= 4 is 11.5 Å². The zero-order chi connectivity index (χ0) is 23.0. The lowest BCUT2D eigenvalue weighted by Crippen LogP contribution is -2.50. The molecule has 4 saturated carbocycles. The number of hydrogen-bond donors (Lipinski definition) is 0. The number of likely N-dealkylation sites (N-methyl/N-ethyl adjacent to an activating group) is 1. The molecule has 1 aromatic rings. The molecule has 182 valence electrons. The topological polar surface area (TPSA) is 29.5 Å². The lowest BCUT2D eigenvalue weighted by Gasteiger charge is -2.56. The molecule has 3 heteroatoms. The van der Waals surface area contributed by atoms with Crippen LogP contribution in [-0.2, 0) is 9.53 Å². The first-order chi connectivity index (χ1) is 16.0. The van der Waals surface area contributed by atoms with E-state index in [1.54, 1.807) is 0 Å². The summed E-state index contributed by atoms with van der Waals surface area (Å²) in [7, 11) is 2.07. The monoisotopic (exact) mass is 451 g/mol. The molecule has 0 amide bonds. The summed E-state index contributed by atoms with van der Waals surface area (Å²) in [4.78, 5) is 15.7. The third-order valence-corrected chi connectivity index (χ3v) is 10.6. The zero-order valence-electron chi connectivity index (χ0n) is 21.2. The summed E-state index contributed by atoms with van der Waals surface area (Å²) in [6, 6.07) is 10.4. The Balaban J connectivity index is 1.23. The summed E-state index contributed by atoms with van der Waals surface area (Å²) < 4.78 is 5.78. The summed E-state index contributed by atoms with van der Waals surface area (Å²) in [5.74, 6) is 6.00. The highest BCUT2D eigenvalue weighted by Gasteiger charge is 2.58. The molecule has 4 aliphatic carbocycles. The van der Waals surface area contributed by atoms with E-state index < -0.39 is 0 Å². The fourth-order valence-corrected chi connectivity index (χ4v) is 9.03. The fourth-order valence-electron chi connectivity index (χ4n) is 9.03. The van der Waals surface area contributed by atoms with Crippen LogP contribution in [0.2, 0.25) is 0 Å². The second kappa shape index (κ2) is 9.72. The molecule has 4 aliphatic rings. The first kappa shape index (κ1) is 23.4. The number of carbonyl (C=O) groups is 1. The first-order valence-electron chi connectivity index (χ1n) is 13.9. The second-order valence-electron chi connectivity index (χ2n) is 12.1. The number of fused-ring (bicyclic) bond motifs is 5.